The topological polar surface area (TPSA) is 78.4 Å². The second-order valence-corrected chi connectivity index (χ2v) is 5.49. The summed E-state index contributed by atoms with van der Waals surface area (Å²) in [6.45, 7) is 3.14. The summed E-state index contributed by atoms with van der Waals surface area (Å²) >= 11 is 0. The first-order valence-electron chi connectivity index (χ1n) is 6.43. The maximum atomic E-state index is 12.1. The molecule has 8 heteroatoms. The molecule has 0 fully saturated rings. The summed E-state index contributed by atoms with van der Waals surface area (Å²) in [6, 6.07) is 6.58. The van der Waals surface area contributed by atoms with E-state index in [0.29, 0.717) is 12.0 Å². The maximum Gasteiger partial charge on any atom is 0.471 e. The van der Waals surface area contributed by atoms with Gasteiger partial charge in [0.05, 0.1) is 0 Å². The number of carbonyl (C=O) groups excluding carboxylic acids is 1. The summed E-state index contributed by atoms with van der Waals surface area (Å²) in [5.41, 5.74) is 0.526. The zero-order chi connectivity index (χ0) is 17.0. The van der Waals surface area contributed by atoms with Crippen molar-refractivity contribution in [3.05, 3.63) is 35.4 Å². The van der Waals surface area contributed by atoms with E-state index in [1.165, 1.54) is 0 Å². The van der Waals surface area contributed by atoms with Crippen LogP contribution in [0.3, 0.4) is 0 Å². The Morgan fingerprint density at radius 1 is 1.18 bits per heavy atom. The summed E-state index contributed by atoms with van der Waals surface area (Å²) in [7, 11) is 0. The van der Waals surface area contributed by atoms with Crippen LogP contribution >= 0.6 is 0 Å². The van der Waals surface area contributed by atoms with Crippen LogP contribution in [0.4, 0.5) is 18.0 Å². The molecule has 0 aliphatic rings. The van der Waals surface area contributed by atoms with Crippen LogP contribution in [0.5, 0.6) is 0 Å². The van der Waals surface area contributed by atoms with Crippen molar-refractivity contribution >= 4 is 12.0 Å². The van der Waals surface area contributed by atoms with Crippen LogP contribution in [-0.2, 0) is 17.8 Å². The second kappa shape index (κ2) is 6.67. The van der Waals surface area contributed by atoms with Gasteiger partial charge in [0.25, 0.3) is 0 Å². The van der Waals surface area contributed by atoms with Gasteiger partial charge in [-0.15, -0.1) is 0 Å². The van der Waals surface area contributed by atoms with Gasteiger partial charge in [-0.2, -0.15) is 13.2 Å². The molecular formula is C14H17F3N2O3. The molecular weight excluding hydrogens is 301 g/mol. The average Bonchev–Trinajstić information content (AvgIpc) is 2.32. The molecule has 1 aromatic carbocycles. The van der Waals surface area contributed by atoms with Gasteiger partial charge in [0.15, 0.2) is 0 Å². The number of carbonyl (C=O) groups is 2. The molecule has 22 heavy (non-hydrogen) atoms. The molecule has 0 saturated carbocycles. The first-order valence-corrected chi connectivity index (χ1v) is 6.43. The number of carboxylic acid groups (broad SMARTS) is 1. The van der Waals surface area contributed by atoms with Crippen LogP contribution in [0.1, 0.15) is 25.0 Å². The number of alkyl halides is 3. The van der Waals surface area contributed by atoms with Gasteiger partial charge in [0, 0.05) is 12.1 Å². The lowest BCUT2D eigenvalue weighted by Crippen LogP contribution is -2.44. The Morgan fingerprint density at radius 3 is 2.32 bits per heavy atom. The quantitative estimate of drug-likeness (QED) is 0.780. The molecule has 0 aliphatic carbocycles. The Hall–Kier alpha value is -2.25. The minimum atomic E-state index is -4.91. The van der Waals surface area contributed by atoms with E-state index in [1.807, 2.05) is 0 Å². The Bertz CT molecular complexity index is 557. The highest BCUT2D eigenvalue weighted by atomic mass is 19.4. The molecule has 122 valence electrons. The highest BCUT2D eigenvalue weighted by molar-refractivity contribution is 5.81. The fourth-order valence-electron chi connectivity index (χ4n) is 1.98. The molecule has 0 spiro atoms. The molecule has 0 bridgehead atoms. The molecule has 0 aliphatic heterocycles. The van der Waals surface area contributed by atoms with Crippen LogP contribution < -0.4 is 10.6 Å². The Morgan fingerprint density at radius 2 is 1.77 bits per heavy atom. The van der Waals surface area contributed by atoms with Crippen LogP contribution in [0.25, 0.3) is 0 Å². The third-order valence-electron chi connectivity index (χ3n) is 2.79. The largest absolute Gasteiger partial charge is 0.471 e. The molecule has 0 radical (unpaired) electrons. The summed E-state index contributed by atoms with van der Waals surface area (Å²) in [5.74, 6) is -1.99. The van der Waals surface area contributed by atoms with Crippen LogP contribution in [0.2, 0.25) is 0 Å². The number of benzene rings is 1. The Kier molecular flexibility index (Phi) is 5.40. The number of halogens is 3. The minimum absolute atomic E-state index is 0.251. The van der Waals surface area contributed by atoms with Crippen LogP contribution in [-0.4, -0.2) is 28.8 Å². The monoisotopic (exact) mass is 318 g/mol. The van der Waals surface area contributed by atoms with Crippen molar-refractivity contribution in [1.82, 2.24) is 10.6 Å². The molecule has 0 saturated heterocycles. The third-order valence-corrected chi connectivity index (χ3v) is 2.79. The molecule has 0 aromatic heterocycles. The summed E-state index contributed by atoms with van der Waals surface area (Å²) in [6.07, 6.45) is -5.70. The Balaban J connectivity index is 2.70. The normalized spacial score (nSPS) is 11.9. The van der Waals surface area contributed by atoms with Crippen molar-refractivity contribution in [2.24, 2.45) is 0 Å². The lowest BCUT2D eigenvalue weighted by Gasteiger charge is -2.24. The maximum absolute atomic E-state index is 12.1. The molecule has 2 amide bonds. The van der Waals surface area contributed by atoms with Crippen LogP contribution in [0.15, 0.2) is 24.3 Å². The molecule has 0 atom stereocenters. The molecule has 0 unspecified atom stereocenters. The third kappa shape index (κ3) is 6.02. The lowest BCUT2D eigenvalue weighted by molar-refractivity contribution is -0.173. The predicted octanol–water partition coefficient (Wildman–Crippen LogP) is 2.45. The fraction of sp³-hybridized carbons (Fsp3) is 0.429. The van der Waals surface area contributed by atoms with E-state index < -0.39 is 23.7 Å². The van der Waals surface area contributed by atoms with Gasteiger partial charge in [-0.25, -0.2) is 4.79 Å². The SMILES string of the molecule is CC(C)(Cc1cccc(CNC(=O)C(F)(F)F)c1)NC(=O)O. The molecule has 3 N–H and O–H groups in total. The van der Waals surface area contributed by atoms with E-state index in [0.717, 1.165) is 5.56 Å². The van der Waals surface area contributed by atoms with E-state index >= 15 is 0 Å². The first-order chi connectivity index (χ1) is 9.99. The summed E-state index contributed by atoms with van der Waals surface area (Å²) in [5, 5.41) is 12.9. The van der Waals surface area contributed by atoms with Gasteiger partial charge in [-0.3, -0.25) is 4.79 Å². The number of nitrogens with one attached hydrogen (secondary N) is 2. The number of rotatable bonds is 5. The van der Waals surface area contributed by atoms with Gasteiger partial charge in [0.1, 0.15) is 0 Å². The standard InChI is InChI=1S/C14H17F3N2O3/c1-13(2,19-12(21)22)7-9-4-3-5-10(6-9)8-18-11(20)14(15,16)17/h3-6,19H,7-8H2,1-2H3,(H,18,20)(H,21,22). The number of hydrogen-bond donors (Lipinski definition) is 3. The first kappa shape index (κ1) is 17.8. The highest BCUT2D eigenvalue weighted by Crippen LogP contribution is 2.16. The number of hydrogen-bond acceptors (Lipinski definition) is 2. The second-order valence-electron chi connectivity index (χ2n) is 5.49. The van der Waals surface area contributed by atoms with E-state index in [-0.39, 0.29) is 6.54 Å². The molecule has 1 rings (SSSR count). The van der Waals surface area contributed by atoms with Gasteiger partial charge in [0.2, 0.25) is 0 Å². The van der Waals surface area contributed by atoms with Crippen molar-refractivity contribution in [1.29, 1.82) is 0 Å². The van der Waals surface area contributed by atoms with Crippen molar-refractivity contribution in [2.45, 2.75) is 38.5 Å². The van der Waals surface area contributed by atoms with Crippen molar-refractivity contribution in [2.75, 3.05) is 0 Å². The zero-order valence-electron chi connectivity index (χ0n) is 12.1. The van der Waals surface area contributed by atoms with Gasteiger partial charge in [-0.05, 0) is 31.4 Å². The van der Waals surface area contributed by atoms with E-state index in [4.69, 9.17) is 5.11 Å². The smallest absolute Gasteiger partial charge is 0.465 e. The number of amides is 2. The predicted molar refractivity (Wildman–Crippen MR) is 73.3 cm³/mol. The van der Waals surface area contributed by atoms with E-state index in [1.54, 1.807) is 43.4 Å². The summed E-state index contributed by atoms with van der Waals surface area (Å²) in [4.78, 5) is 21.4. The van der Waals surface area contributed by atoms with Gasteiger partial charge < -0.3 is 15.7 Å². The van der Waals surface area contributed by atoms with E-state index in [9.17, 15) is 22.8 Å². The van der Waals surface area contributed by atoms with E-state index in [2.05, 4.69) is 5.32 Å². The van der Waals surface area contributed by atoms with Gasteiger partial charge in [-0.1, -0.05) is 24.3 Å². The molecule has 0 heterocycles. The summed E-state index contributed by atoms with van der Waals surface area (Å²) < 4.78 is 36.3. The molecule has 1 aromatic rings. The van der Waals surface area contributed by atoms with Gasteiger partial charge >= 0.3 is 18.2 Å². The van der Waals surface area contributed by atoms with Crippen molar-refractivity contribution < 1.29 is 27.9 Å². The Labute approximate surface area is 125 Å². The fourth-order valence-corrected chi connectivity index (χ4v) is 1.98. The molecule has 5 nitrogen and oxygen atoms in total. The minimum Gasteiger partial charge on any atom is -0.465 e. The zero-order valence-corrected chi connectivity index (χ0v) is 12.1. The van der Waals surface area contributed by atoms with Crippen LogP contribution in [0, 0.1) is 0 Å². The lowest BCUT2D eigenvalue weighted by atomic mass is 9.94. The van der Waals surface area contributed by atoms with Crippen molar-refractivity contribution in [3.63, 3.8) is 0 Å². The average molecular weight is 318 g/mol. The van der Waals surface area contributed by atoms with Crippen molar-refractivity contribution in [3.8, 4) is 0 Å². The highest BCUT2D eigenvalue weighted by Gasteiger charge is 2.38.